The van der Waals surface area contributed by atoms with Crippen molar-refractivity contribution in [3.63, 3.8) is 0 Å². The van der Waals surface area contributed by atoms with Crippen LogP contribution < -0.4 is 5.32 Å². The third-order valence-electron chi connectivity index (χ3n) is 3.80. The van der Waals surface area contributed by atoms with Crippen molar-refractivity contribution in [2.45, 2.75) is 13.3 Å². The van der Waals surface area contributed by atoms with E-state index in [1.165, 1.54) is 4.88 Å². The zero-order valence-corrected chi connectivity index (χ0v) is 15.1. The number of anilines is 2. The van der Waals surface area contributed by atoms with Gasteiger partial charge in [-0.1, -0.05) is 24.6 Å². The number of hydrogen-bond acceptors (Lipinski definition) is 5. The minimum absolute atomic E-state index is 0.662. The van der Waals surface area contributed by atoms with Gasteiger partial charge in [0.2, 0.25) is 0 Å². The smallest absolute Gasteiger partial charge is 0.164 e. The highest BCUT2D eigenvalue weighted by atomic mass is 35.5. The molecule has 0 atom stereocenters. The number of thiophene rings is 1. The van der Waals surface area contributed by atoms with Crippen LogP contribution in [0.1, 0.15) is 11.8 Å². The number of pyridine rings is 1. The second-order valence-electron chi connectivity index (χ2n) is 5.56. The van der Waals surface area contributed by atoms with Crippen molar-refractivity contribution in [3.8, 4) is 11.4 Å². The SMILES string of the molecule is CCc1cc2c(Nc3cccc(Cl)c3)nc(-c3cccnc3)nc2s1. The van der Waals surface area contributed by atoms with E-state index < -0.39 is 0 Å². The van der Waals surface area contributed by atoms with E-state index in [4.69, 9.17) is 21.6 Å². The maximum absolute atomic E-state index is 6.10. The molecule has 3 heterocycles. The van der Waals surface area contributed by atoms with E-state index in [0.29, 0.717) is 10.8 Å². The van der Waals surface area contributed by atoms with Crippen LogP contribution >= 0.6 is 22.9 Å². The largest absolute Gasteiger partial charge is 0.340 e. The molecule has 0 aliphatic rings. The Kier molecular flexibility index (Phi) is 4.34. The molecule has 3 aromatic heterocycles. The Labute approximate surface area is 154 Å². The summed E-state index contributed by atoms with van der Waals surface area (Å²) in [6.07, 6.45) is 4.49. The quantitative estimate of drug-likeness (QED) is 0.502. The van der Waals surface area contributed by atoms with Crippen LogP contribution in [0.15, 0.2) is 54.9 Å². The second kappa shape index (κ2) is 6.78. The molecule has 4 aromatic rings. The molecule has 0 bridgehead atoms. The predicted octanol–water partition coefficient (Wildman–Crippen LogP) is 5.71. The lowest BCUT2D eigenvalue weighted by molar-refractivity contribution is 1.19. The molecule has 0 unspecified atom stereocenters. The number of aromatic nitrogens is 3. The number of nitrogens with one attached hydrogen (secondary N) is 1. The van der Waals surface area contributed by atoms with Gasteiger partial charge in [0.1, 0.15) is 10.6 Å². The van der Waals surface area contributed by atoms with Gasteiger partial charge in [-0.25, -0.2) is 9.97 Å². The molecule has 0 fully saturated rings. The summed E-state index contributed by atoms with van der Waals surface area (Å²) in [6, 6.07) is 13.6. The molecule has 1 aromatic carbocycles. The van der Waals surface area contributed by atoms with Gasteiger partial charge < -0.3 is 5.32 Å². The first kappa shape index (κ1) is 16.0. The van der Waals surface area contributed by atoms with Crippen molar-refractivity contribution in [1.82, 2.24) is 15.0 Å². The van der Waals surface area contributed by atoms with E-state index in [1.807, 2.05) is 36.4 Å². The van der Waals surface area contributed by atoms with Crippen molar-refractivity contribution in [2.24, 2.45) is 0 Å². The van der Waals surface area contributed by atoms with E-state index in [-0.39, 0.29) is 0 Å². The lowest BCUT2D eigenvalue weighted by Crippen LogP contribution is -1.98. The first-order chi connectivity index (χ1) is 12.2. The minimum atomic E-state index is 0.662. The number of hydrogen-bond donors (Lipinski definition) is 1. The number of aryl methyl sites for hydroxylation is 1. The van der Waals surface area contributed by atoms with E-state index >= 15 is 0 Å². The Bertz CT molecular complexity index is 1030. The summed E-state index contributed by atoms with van der Waals surface area (Å²) in [5.74, 6) is 1.44. The van der Waals surface area contributed by atoms with Gasteiger partial charge >= 0.3 is 0 Å². The summed E-state index contributed by atoms with van der Waals surface area (Å²) < 4.78 is 0. The average molecular weight is 367 g/mol. The molecule has 0 spiro atoms. The van der Waals surface area contributed by atoms with Crippen LogP contribution in [0.2, 0.25) is 5.02 Å². The van der Waals surface area contributed by atoms with Gasteiger partial charge in [0.15, 0.2) is 5.82 Å². The third-order valence-corrected chi connectivity index (χ3v) is 5.21. The fourth-order valence-electron chi connectivity index (χ4n) is 2.57. The summed E-state index contributed by atoms with van der Waals surface area (Å²) in [5.41, 5.74) is 1.79. The maximum atomic E-state index is 6.10. The van der Waals surface area contributed by atoms with Crippen LogP contribution in [-0.4, -0.2) is 15.0 Å². The zero-order valence-electron chi connectivity index (χ0n) is 13.5. The van der Waals surface area contributed by atoms with Crippen LogP contribution in [0.5, 0.6) is 0 Å². The molecule has 124 valence electrons. The molecule has 1 N–H and O–H groups in total. The van der Waals surface area contributed by atoms with Gasteiger partial charge in [-0.15, -0.1) is 11.3 Å². The van der Waals surface area contributed by atoms with E-state index in [2.05, 4.69) is 23.3 Å². The number of halogens is 1. The predicted molar refractivity (Wildman–Crippen MR) is 105 cm³/mol. The summed E-state index contributed by atoms with van der Waals surface area (Å²) >= 11 is 7.80. The molecule has 0 saturated carbocycles. The Morgan fingerprint density at radius 3 is 2.80 bits per heavy atom. The highest BCUT2D eigenvalue weighted by Crippen LogP contribution is 2.33. The molecule has 4 nitrogen and oxygen atoms in total. The molecule has 0 amide bonds. The topological polar surface area (TPSA) is 50.7 Å². The molecule has 0 aliphatic carbocycles. The molecular formula is C19H15ClN4S. The van der Waals surface area contributed by atoms with Crippen LogP contribution in [0, 0.1) is 0 Å². The van der Waals surface area contributed by atoms with Gasteiger partial charge in [0, 0.05) is 33.5 Å². The first-order valence-electron chi connectivity index (χ1n) is 7.96. The number of benzene rings is 1. The molecular weight excluding hydrogens is 352 g/mol. The molecule has 0 radical (unpaired) electrons. The Morgan fingerprint density at radius 2 is 2.04 bits per heavy atom. The van der Waals surface area contributed by atoms with E-state index in [9.17, 15) is 0 Å². The third kappa shape index (κ3) is 3.34. The van der Waals surface area contributed by atoms with Crippen molar-refractivity contribution in [1.29, 1.82) is 0 Å². The van der Waals surface area contributed by atoms with Crippen molar-refractivity contribution in [2.75, 3.05) is 5.32 Å². The molecule has 6 heteroatoms. The van der Waals surface area contributed by atoms with Crippen LogP contribution in [0.3, 0.4) is 0 Å². The first-order valence-corrected chi connectivity index (χ1v) is 9.16. The Balaban J connectivity index is 1.86. The Hall–Kier alpha value is -2.50. The van der Waals surface area contributed by atoms with Crippen LogP contribution in [-0.2, 0) is 6.42 Å². The summed E-state index contributed by atoms with van der Waals surface area (Å²) in [6.45, 7) is 2.14. The van der Waals surface area contributed by atoms with Gasteiger partial charge in [-0.05, 0) is 42.8 Å². The number of nitrogens with zero attached hydrogens (tertiary/aromatic N) is 3. The van der Waals surface area contributed by atoms with Gasteiger partial charge in [0.05, 0.1) is 5.39 Å². The standard InChI is InChI=1S/C19H15ClN4S/c1-2-15-10-16-18(22-14-7-3-6-13(20)9-14)23-17(24-19(16)25-15)12-5-4-8-21-11-12/h3-11H,2H2,1H3,(H,22,23,24). The number of rotatable bonds is 4. The number of fused-ring (bicyclic) bond motifs is 1. The lowest BCUT2D eigenvalue weighted by Gasteiger charge is -2.09. The van der Waals surface area contributed by atoms with Crippen molar-refractivity contribution in [3.05, 3.63) is 64.8 Å². The van der Waals surface area contributed by atoms with Gasteiger partial charge in [0.25, 0.3) is 0 Å². The average Bonchev–Trinajstić information content (AvgIpc) is 3.06. The Morgan fingerprint density at radius 1 is 1.12 bits per heavy atom. The maximum Gasteiger partial charge on any atom is 0.164 e. The monoisotopic (exact) mass is 366 g/mol. The second-order valence-corrected chi connectivity index (χ2v) is 7.11. The molecule has 0 aliphatic heterocycles. The summed E-state index contributed by atoms with van der Waals surface area (Å²) in [5, 5.41) is 5.09. The highest BCUT2D eigenvalue weighted by molar-refractivity contribution is 7.18. The summed E-state index contributed by atoms with van der Waals surface area (Å²) in [7, 11) is 0. The van der Waals surface area contributed by atoms with E-state index in [1.54, 1.807) is 23.7 Å². The highest BCUT2D eigenvalue weighted by Gasteiger charge is 2.13. The molecule has 0 saturated heterocycles. The summed E-state index contributed by atoms with van der Waals surface area (Å²) in [4.78, 5) is 15.9. The fourth-order valence-corrected chi connectivity index (χ4v) is 3.73. The van der Waals surface area contributed by atoms with Crippen LogP contribution in [0.4, 0.5) is 11.5 Å². The minimum Gasteiger partial charge on any atom is -0.340 e. The molecule has 4 rings (SSSR count). The van der Waals surface area contributed by atoms with E-state index in [0.717, 1.165) is 33.7 Å². The molecule has 25 heavy (non-hydrogen) atoms. The lowest BCUT2D eigenvalue weighted by atomic mass is 10.2. The van der Waals surface area contributed by atoms with Crippen molar-refractivity contribution >= 4 is 44.7 Å². The normalized spacial score (nSPS) is 11.0. The van der Waals surface area contributed by atoms with Gasteiger partial charge in [-0.2, -0.15) is 0 Å². The van der Waals surface area contributed by atoms with Gasteiger partial charge in [-0.3, -0.25) is 4.98 Å². The fraction of sp³-hybridized carbons (Fsp3) is 0.105. The zero-order chi connectivity index (χ0) is 17.2. The van der Waals surface area contributed by atoms with Crippen LogP contribution in [0.25, 0.3) is 21.6 Å². The van der Waals surface area contributed by atoms with Crippen molar-refractivity contribution < 1.29 is 0 Å².